The molecule has 0 atom stereocenters. The maximum Gasteiger partial charge on any atom is 0.501 e. The van der Waals surface area contributed by atoms with Crippen LogP contribution in [0.25, 0.3) is 34.3 Å². The van der Waals surface area contributed by atoms with Crippen LogP contribution in [0.15, 0.2) is 71.6 Å². The van der Waals surface area contributed by atoms with E-state index in [1.807, 2.05) is 30.3 Å². The number of nitrogens with one attached hydrogen (secondary N) is 1. The SMILES string of the molecule is CC(=O)c1ccccc1-c1ccc2[nH]c(/C=C/c3ccc(S(=O)(=O)C(F)(F)F)cc3)nc2c1. The van der Waals surface area contributed by atoms with E-state index >= 15 is 0 Å². The lowest BCUT2D eigenvalue weighted by Gasteiger charge is -2.07. The van der Waals surface area contributed by atoms with Gasteiger partial charge in [0, 0.05) is 5.56 Å². The molecule has 168 valence electrons. The Kier molecular flexibility index (Phi) is 5.67. The molecule has 0 saturated heterocycles. The van der Waals surface area contributed by atoms with Gasteiger partial charge < -0.3 is 4.98 Å². The number of benzene rings is 3. The van der Waals surface area contributed by atoms with Gasteiger partial charge in [0.15, 0.2) is 5.78 Å². The first-order valence-corrected chi connectivity index (χ1v) is 11.2. The molecule has 5 nitrogen and oxygen atoms in total. The highest BCUT2D eigenvalue weighted by Gasteiger charge is 2.46. The number of rotatable bonds is 5. The molecule has 33 heavy (non-hydrogen) atoms. The summed E-state index contributed by atoms with van der Waals surface area (Å²) in [6, 6.07) is 17.3. The molecule has 0 spiro atoms. The zero-order valence-corrected chi connectivity index (χ0v) is 18.0. The van der Waals surface area contributed by atoms with Crippen molar-refractivity contribution < 1.29 is 26.4 Å². The number of Topliss-reactive ketones (excluding diaryl/α,β-unsaturated/α-hetero) is 1. The van der Waals surface area contributed by atoms with Gasteiger partial charge in [0.25, 0.3) is 9.84 Å². The molecule has 9 heteroatoms. The fourth-order valence-corrected chi connectivity index (χ4v) is 4.14. The second kappa shape index (κ2) is 8.32. The average molecular weight is 470 g/mol. The number of alkyl halides is 3. The maximum absolute atomic E-state index is 12.7. The molecule has 0 radical (unpaired) electrons. The third-order valence-corrected chi connectivity index (χ3v) is 6.55. The summed E-state index contributed by atoms with van der Waals surface area (Å²) in [5, 5.41) is 0. The third-order valence-electron chi connectivity index (χ3n) is 5.05. The van der Waals surface area contributed by atoms with Gasteiger partial charge in [0.1, 0.15) is 5.82 Å². The summed E-state index contributed by atoms with van der Waals surface area (Å²) in [6.07, 6.45) is 3.24. The minimum Gasteiger partial charge on any atom is -0.338 e. The van der Waals surface area contributed by atoms with Crippen molar-refractivity contribution in [2.75, 3.05) is 0 Å². The lowest BCUT2D eigenvalue weighted by molar-refractivity contribution is -0.0436. The second-order valence-electron chi connectivity index (χ2n) is 7.31. The Labute approximate surface area is 187 Å². The Balaban J connectivity index is 1.60. The smallest absolute Gasteiger partial charge is 0.338 e. The van der Waals surface area contributed by atoms with Gasteiger partial charge in [0.2, 0.25) is 0 Å². The lowest BCUT2D eigenvalue weighted by Crippen LogP contribution is -2.23. The first-order valence-electron chi connectivity index (χ1n) is 9.76. The van der Waals surface area contributed by atoms with Crippen LogP contribution in [0.4, 0.5) is 13.2 Å². The second-order valence-corrected chi connectivity index (χ2v) is 9.25. The van der Waals surface area contributed by atoms with Crippen LogP contribution in [0.5, 0.6) is 0 Å². The van der Waals surface area contributed by atoms with Gasteiger partial charge in [-0.1, -0.05) is 48.5 Å². The van der Waals surface area contributed by atoms with Crippen LogP contribution in [-0.2, 0) is 9.84 Å². The Morgan fingerprint density at radius 3 is 2.33 bits per heavy atom. The molecule has 0 saturated carbocycles. The Bertz CT molecular complexity index is 1490. The van der Waals surface area contributed by atoms with Crippen molar-refractivity contribution in [3.63, 3.8) is 0 Å². The molecule has 0 aliphatic heterocycles. The van der Waals surface area contributed by atoms with Crippen molar-refractivity contribution >= 4 is 38.8 Å². The summed E-state index contributed by atoms with van der Waals surface area (Å²) in [6.45, 7) is 1.51. The topological polar surface area (TPSA) is 79.9 Å². The van der Waals surface area contributed by atoms with Crippen LogP contribution >= 0.6 is 0 Å². The van der Waals surface area contributed by atoms with Crippen LogP contribution in [0.3, 0.4) is 0 Å². The quantitative estimate of drug-likeness (QED) is 0.369. The number of hydrogen-bond donors (Lipinski definition) is 1. The molecule has 0 aliphatic rings. The molecule has 1 aromatic heterocycles. The Morgan fingerprint density at radius 1 is 0.970 bits per heavy atom. The van der Waals surface area contributed by atoms with E-state index in [9.17, 15) is 26.4 Å². The molecule has 0 fully saturated rings. The van der Waals surface area contributed by atoms with E-state index < -0.39 is 20.2 Å². The molecule has 4 aromatic rings. The van der Waals surface area contributed by atoms with E-state index in [4.69, 9.17) is 0 Å². The van der Waals surface area contributed by atoms with Crippen molar-refractivity contribution in [1.82, 2.24) is 9.97 Å². The fourth-order valence-electron chi connectivity index (χ4n) is 3.38. The number of carbonyl (C=O) groups is 1. The van der Waals surface area contributed by atoms with E-state index in [1.54, 1.807) is 24.3 Å². The fraction of sp³-hybridized carbons (Fsp3) is 0.0833. The predicted molar refractivity (Wildman–Crippen MR) is 120 cm³/mol. The monoisotopic (exact) mass is 470 g/mol. The maximum atomic E-state index is 12.7. The first kappa shape index (κ1) is 22.5. The molecule has 1 N–H and O–H groups in total. The number of hydrogen-bond acceptors (Lipinski definition) is 4. The summed E-state index contributed by atoms with van der Waals surface area (Å²) in [7, 11) is -5.38. The van der Waals surface area contributed by atoms with E-state index in [1.165, 1.54) is 19.1 Å². The zero-order valence-electron chi connectivity index (χ0n) is 17.2. The number of H-pyrrole nitrogens is 1. The van der Waals surface area contributed by atoms with Crippen LogP contribution in [0, 0.1) is 0 Å². The molecular formula is C24H17F3N2O3S. The molecule has 0 bridgehead atoms. The highest BCUT2D eigenvalue weighted by Crippen LogP contribution is 2.30. The van der Waals surface area contributed by atoms with Crippen LogP contribution in [0.1, 0.15) is 28.7 Å². The van der Waals surface area contributed by atoms with Crippen LogP contribution in [0.2, 0.25) is 0 Å². The van der Waals surface area contributed by atoms with Crippen LogP contribution in [-0.4, -0.2) is 29.7 Å². The molecule has 0 amide bonds. The Hall–Kier alpha value is -3.72. The Morgan fingerprint density at radius 2 is 1.67 bits per heavy atom. The number of ketones is 1. The van der Waals surface area contributed by atoms with Crippen molar-refractivity contribution in [2.24, 2.45) is 0 Å². The predicted octanol–water partition coefficient (Wildman–Crippen LogP) is 5.90. The van der Waals surface area contributed by atoms with E-state index in [0.717, 1.165) is 28.8 Å². The summed E-state index contributed by atoms with van der Waals surface area (Å²) >= 11 is 0. The number of imidazole rings is 1. The highest BCUT2D eigenvalue weighted by atomic mass is 32.2. The molecular weight excluding hydrogens is 453 g/mol. The van der Waals surface area contributed by atoms with Crippen molar-refractivity contribution in [3.05, 3.63) is 83.7 Å². The average Bonchev–Trinajstić information content (AvgIpc) is 3.19. The van der Waals surface area contributed by atoms with Gasteiger partial charge in [-0.3, -0.25) is 4.79 Å². The molecule has 4 rings (SSSR count). The summed E-state index contributed by atoms with van der Waals surface area (Å²) in [5.41, 5.74) is -1.13. The number of carbonyl (C=O) groups excluding carboxylic acids is 1. The number of aromatic amines is 1. The largest absolute Gasteiger partial charge is 0.501 e. The number of halogens is 3. The highest BCUT2D eigenvalue weighted by molar-refractivity contribution is 7.92. The lowest BCUT2D eigenvalue weighted by atomic mass is 9.97. The zero-order chi connectivity index (χ0) is 23.8. The van der Waals surface area contributed by atoms with Crippen molar-refractivity contribution in [2.45, 2.75) is 17.3 Å². The van der Waals surface area contributed by atoms with Crippen molar-refractivity contribution in [1.29, 1.82) is 0 Å². The number of nitrogens with zero attached hydrogens (tertiary/aromatic N) is 1. The van der Waals surface area contributed by atoms with E-state index in [-0.39, 0.29) is 5.78 Å². The molecule has 0 unspecified atom stereocenters. The standard InChI is InChI=1S/C24H17F3N2O3S/c1-15(30)19-4-2-3-5-20(19)17-9-12-21-22(14-17)29-23(28-21)13-8-16-6-10-18(11-7-16)33(31,32)24(25,26)27/h2-14H,1H3,(H,28,29)/b13-8+. The van der Waals surface area contributed by atoms with Gasteiger partial charge in [-0.25, -0.2) is 13.4 Å². The summed E-state index contributed by atoms with van der Waals surface area (Å²) in [4.78, 5) is 18.8. The molecule has 0 aliphatic carbocycles. The van der Waals surface area contributed by atoms with Crippen LogP contribution < -0.4 is 0 Å². The minimum atomic E-state index is -5.38. The van der Waals surface area contributed by atoms with Gasteiger partial charge in [-0.2, -0.15) is 13.2 Å². The van der Waals surface area contributed by atoms with Crippen molar-refractivity contribution in [3.8, 4) is 11.1 Å². The molecule has 3 aromatic carbocycles. The van der Waals surface area contributed by atoms with Gasteiger partial charge in [-0.15, -0.1) is 0 Å². The molecule has 1 heterocycles. The minimum absolute atomic E-state index is 0.0367. The summed E-state index contributed by atoms with van der Waals surface area (Å²) < 4.78 is 60.9. The van der Waals surface area contributed by atoms with Gasteiger partial charge in [0.05, 0.1) is 15.9 Å². The number of sulfone groups is 1. The number of fused-ring (bicyclic) bond motifs is 1. The summed E-state index contributed by atoms with van der Waals surface area (Å²) in [5.74, 6) is 0.472. The van der Waals surface area contributed by atoms with E-state index in [0.29, 0.717) is 22.5 Å². The van der Waals surface area contributed by atoms with Gasteiger partial charge >= 0.3 is 5.51 Å². The van der Waals surface area contributed by atoms with E-state index in [2.05, 4.69) is 9.97 Å². The first-order chi connectivity index (χ1) is 15.6. The third kappa shape index (κ3) is 4.45. The van der Waals surface area contributed by atoms with Gasteiger partial charge in [-0.05, 0) is 54.0 Å². The normalized spacial score (nSPS) is 12.5. The number of aromatic nitrogens is 2.